The van der Waals surface area contributed by atoms with E-state index in [1.165, 1.54) is 17.5 Å². The Labute approximate surface area is 113 Å². The minimum atomic E-state index is -0.127. The molecule has 0 aliphatic heterocycles. The van der Waals surface area contributed by atoms with E-state index in [1.807, 2.05) is 6.92 Å². The molecular weight excluding hydrogens is 279 g/mol. The highest BCUT2D eigenvalue weighted by molar-refractivity contribution is 7.18. The molecule has 17 heavy (non-hydrogen) atoms. The van der Waals surface area contributed by atoms with Crippen molar-refractivity contribution in [3.05, 3.63) is 38.3 Å². The normalized spacial score (nSPS) is 10.8. The summed E-state index contributed by atoms with van der Waals surface area (Å²) in [7, 11) is 0. The van der Waals surface area contributed by atoms with Crippen LogP contribution in [0.5, 0.6) is 0 Å². The molecule has 0 saturated carbocycles. The maximum Gasteiger partial charge on any atom is 0.222 e. The smallest absolute Gasteiger partial charge is 0.222 e. The first-order valence-electron chi connectivity index (χ1n) is 5.14. The molecule has 0 aliphatic rings. The predicted octanol–water partition coefficient (Wildman–Crippen LogP) is 3.89. The highest BCUT2D eigenvalue weighted by Crippen LogP contribution is 2.26. The maximum atomic E-state index is 12.2. The van der Waals surface area contributed by atoms with E-state index in [0.29, 0.717) is 26.5 Å². The SMILES string of the molecule is CCCn1ncc(Cl)c1C(=O)c1ccc(Cl)s1. The molecule has 2 rings (SSSR count). The maximum absolute atomic E-state index is 12.2. The fourth-order valence-electron chi connectivity index (χ4n) is 1.52. The van der Waals surface area contributed by atoms with Gasteiger partial charge in [-0.15, -0.1) is 11.3 Å². The molecule has 0 spiro atoms. The Morgan fingerprint density at radius 2 is 2.24 bits per heavy atom. The van der Waals surface area contributed by atoms with Gasteiger partial charge in [-0.2, -0.15) is 5.10 Å². The molecule has 0 unspecified atom stereocenters. The van der Waals surface area contributed by atoms with E-state index in [9.17, 15) is 4.79 Å². The molecule has 0 atom stereocenters. The Morgan fingerprint density at radius 1 is 1.47 bits per heavy atom. The second-order valence-electron chi connectivity index (χ2n) is 3.50. The zero-order valence-corrected chi connectivity index (χ0v) is 11.4. The molecule has 0 saturated heterocycles. The number of rotatable bonds is 4. The number of ketones is 1. The molecule has 0 amide bonds. The van der Waals surface area contributed by atoms with Crippen LogP contribution in [-0.4, -0.2) is 15.6 Å². The molecule has 0 N–H and O–H groups in total. The van der Waals surface area contributed by atoms with E-state index in [2.05, 4.69) is 5.10 Å². The van der Waals surface area contributed by atoms with Crippen LogP contribution >= 0.6 is 34.5 Å². The summed E-state index contributed by atoms with van der Waals surface area (Å²) in [6.07, 6.45) is 2.39. The number of hydrogen-bond donors (Lipinski definition) is 0. The lowest BCUT2D eigenvalue weighted by Crippen LogP contribution is -2.10. The number of aromatic nitrogens is 2. The summed E-state index contributed by atoms with van der Waals surface area (Å²) in [5, 5.41) is 4.48. The minimum absolute atomic E-state index is 0.127. The van der Waals surface area contributed by atoms with Crippen LogP contribution in [0.3, 0.4) is 0 Å². The van der Waals surface area contributed by atoms with Gasteiger partial charge in [0.25, 0.3) is 0 Å². The van der Waals surface area contributed by atoms with Crippen molar-refractivity contribution in [1.29, 1.82) is 0 Å². The van der Waals surface area contributed by atoms with E-state index in [1.54, 1.807) is 16.8 Å². The van der Waals surface area contributed by atoms with E-state index in [4.69, 9.17) is 23.2 Å². The van der Waals surface area contributed by atoms with Crippen LogP contribution in [0.25, 0.3) is 0 Å². The van der Waals surface area contributed by atoms with Gasteiger partial charge in [0.15, 0.2) is 0 Å². The molecular formula is C11H10Cl2N2OS. The second kappa shape index (κ2) is 5.21. The number of halogens is 2. The molecule has 2 aromatic rings. The highest BCUT2D eigenvalue weighted by Gasteiger charge is 2.20. The van der Waals surface area contributed by atoms with Gasteiger partial charge in [0, 0.05) is 6.54 Å². The van der Waals surface area contributed by atoms with Gasteiger partial charge in [0.2, 0.25) is 5.78 Å². The molecule has 90 valence electrons. The fourth-order valence-corrected chi connectivity index (χ4v) is 2.73. The van der Waals surface area contributed by atoms with Gasteiger partial charge < -0.3 is 0 Å². The summed E-state index contributed by atoms with van der Waals surface area (Å²) >= 11 is 13.1. The van der Waals surface area contributed by atoms with Crippen LogP contribution in [-0.2, 0) is 6.54 Å². The van der Waals surface area contributed by atoms with Crippen molar-refractivity contribution in [2.75, 3.05) is 0 Å². The van der Waals surface area contributed by atoms with Gasteiger partial charge in [-0.1, -0.05) is 30.1 Å². The van der Waals surface area contributed by atoms with E-state index < -0.39 is 0 Å². The minimum Gasteiger partial charge on any atom is -0.286 e. The van der Waals surface area contributed by atoms with Gasteiger partial charge in [0.05, 0.1) is 20.4 Å². The molecule has 6 heteroatoms. The van der Waals surface area contributed by atoms with Crippen molar-refractivity contribution < 1.29 is 4.79 Å². The largest absolute Gasteiger partial charge is 0.286 e. The van der Waals surface area contributed by atoms with Crippen LogP contribution in [0.1, 0.15) is 28.7 Å². The van der Waals surface area contributed by atoms with Crippen molar-refractivity contribution >= 4 is 40.3 Å². The molecule has 0 aromatic carbocycles. The summed E-state index contributed by atoms with van der Waals surface area (Å²) in [6.45, 7) is 2.69. The van der Waals surface area contributed by atoms with Crippen LogP contribution in [0.4, 0.5) is 0 Å². The Balaban J connectivity index is 2.39. The summed E-state index contributed by atoms with van der Waals surface area (Å²) in [4.78, 5) is 12.8. The summed E-state index contributed by atoms with van der Waals surface area (Å²) in [5.74, 6) is -0.127. The summed E-state index contributed by atoms with van der Waals surface area (Å²) < 4.78 is 2.23. The summed E-state index contributed by atoms with van der Waals surface area (Å²) in [6, 6.07) is 3.41. The third-order valence-corrected chi connectivity index (χ3v) is 3.75. The fraction of sp³-hybridized carbons (Fsp3) is 0.273. The first-order valence-corrected chi connectivity index (χ1v) is 6.72. The highest BCUT2D eigenvalue weighted by atomic mass is 35.5. The monoisotopic (exact) mass is 288 g/mol. The Morgan fingerprint density at radius 3 is 2.82 bits per heavy atom. The lowest BCUT2D eigenvalue weighted by Gasteiger charge is -2.04. The Bertz CT molecular complexity index is 547. The molecule has 0 radical (unpaired) electrons. The topological polar surface area (TPSA) is 34.9 Å². The molecule has 0 bridgehead atoms. The first kappa shape index (κ1) is 12.6. The van der Waals surface area contributed by atoms with Gasteiger partial charge >= 0.3 is 0 Å². The zero-order valence-electron chi connectivity index (χ0n) is 9.11. The number of hydrogen-bond acceptors (Lipinski definition) is 3. The third kappa shape index (κ3) is 2.54. The van der Waals surface area contributed by atoms with Crippen molar-refractivity contribution in [3.8, 4) is 0 Å². The molecule has 3 nitrogen and oxygen atoms in total. The van der Waals surface area contributed by atoms with Crippen LogP contribution < -0.4 is 0 Å². The lowest BCUT2D eigenvalue weighted by molar-refractivity contribution is 0.103. The number of nitrogens with zero attached hydrogens (tertiary/aromatic N) is 2. The Kier molecular flexibility index (Phi) is 3.86. The number of thiophene rings is 1. The number of carbonyl (C=O) groups is 1. The first-order chi connectivity index (χ1) is 8.13. The second-order valence-corrected chi connectivity index (χ2v) is 5.62. The number of carbonyl (C=O) groups excluding carboxylic acids is 1. The third-order valence-electron chi connectivity index (χ3n) is 2.24. The van der Waals surface area contributed by atoms with Crippen LogP contribution in [0.15, 0.2) is 18.3 Å². The average molecular weight is 289 g/mol. The van der Waals surface area contributed by atoms with Gasteiger partial charge in [-0.25, -0.2) is 0 Å². The van der Waals surface area contributed by atoms with Crippen molar-refractivity contribution in [2.45, 2.75) is 19.9 Å². The average Bonchev–Trinajstić information content (AvgIpc) is 2.86. The van der Waals surface area contributed by atoms with Gasteiger partial charge in [0.1, 0.15) is 5.69 Å². The standard InChI is InChI=1S/C11H10Cl2N2OS/c1-2-5-15-10(7(12)6-14-15)11(16)8-3-4-9(13)17-8/h3-4,6H,2,5H2,1H3. The lowest BCUT2D eigenvalue weighted by atomic mass is 10.2. The van der Waals surface area contributed by atoms with Crippen molar-refractivity contribution in [1.82, 2.24) is 9.78 Å². The van der Waals surface area contributed by atoms with E-state index in [0.717, 1.165) is 6.42 Å². The van der Waals surface area contributed by atoms with Gasteiger partial charge in [-0.05, 0) is 18.6 Å². The summed E-state index contributed by atoms with van der Waals surface area (Å²) in [5.41, 5.74) is 0.437. The van der Waals surface area contributed by atoms with Crippen molar-refractivity contribution in [3.63, 3.8) is 0 Å². The predicted molar refractivity (Wildman–Crippen MR) is 70.3 cm³/mol. The molecule has 2 aromatic heterocycles. The zero-order chi connectivity index (χ0) is 12.4. The van der Waals surface area contributed by atoms with Crippen molar-refractivity contribution in [2.24, 2.45) is 0 Å². The quantitative estimate of drug-likeness (QED) is 0.800. The van der Waals surface area contributed by atoms with Crippen LogP contribution in [0.2, 0.25) is 9.36 Å². The number of aryl methyl sites for hydroxylation is 1. The Hall–Kier alpha value is -0.840. The van der Waals surface area contributed by atoms with Crippen LogP contribution in [0, 0.1) is 0 Å². The van der Waals surface area contributed by atoms with E-state index >= 15 is 0 Å². The molecule has 0 aliphatic carbocycles. The molecule has 0 fully saturated rings. The molecule has 2 heterocycles. The van der Waals surface area contributed by atoms with Gasteiger partial charge in [-0.3, -0.25) is 9.48 Å². The van der Waals surface area contributed by atoms with E-state index in [-0.39, 0.29) is 5.78 Å².